The second kappa shape index (κ2) is 8.53. The number of aryl methyl sites for hydroxylation is 1. The van der Waals surface area contributed by atoms with E-state index in [9.17, 15) is 9.59 Å². The fraction of sp³-hybridized carbons (Fsp3) is 0.130. The maximum absolute atomic E-state index is 12.3. The van der Waals surface area contributed by atoms with Crippen molar-refractivity contribution in [2.24, 2.45) is 4.99 Å². The molecule has 31 heavy (non-hydrogen) atoms. The Morgan fingerprint density at radius 2 is 1.97 bits per heavy atom. The highest BCUT2D eigenvalue weighted by molar-refractivity contribution is 7.14. The molecule has 0 radical (unpaired) electrons. The number of methoxy groups -OCH3 is 1. The third kappa shape index (κ3) is 4.39. The van der Waals surface area contributed by atoms with E-state index in [0.29, 0.717) is 22.3 Å². The van der Waals surface area contributed by atoms with Crippen molar-refractivity contribution in [3.05, 3.63) is 76.4 Å². The van der Waals surface area contributed by atoms with E-state index in [2.05, 4.69) is 9.98 Å². The summed E-state index contributed by atoms with van der Waals surface area (Å²) in [6.45, 7) is 3.43. The minimum Gasteiger partial charge on any atom is -0.497 e. The number of rotatable bonds is 5. The van der Waals surface area contributed by atoms with Crippen LogP contribution in [0.15, 0.2) is 64.6 Å². The van der Waals surface area contributed by atoms with Gasteiger partial charge in [0, 0.05) is 17.9 Å². The van der Waals surface area contributed by atoms with Gasteiger partial charge in [0.25, 0.3) is 0 Å². The number of amides is 1. The lowest BCUT2D eigenvalue weighted by molar-refractivity contribution is -0.130. The molecule has 1 amide bonds. The molecule has 156 valence electrons. The molecule has 0 saturated heterocycles. The average Bonchev–Trinajstić information content (AvgIpc) is 3.35. The maximum atomic E-state index is 12.3. The molecule has 0 spiro atoms. The molecule has 0 bridgehead atoms. The second-order valence-corrected chi connectivity index (χ2v) is 7.65. The predicted octanol–water partition coefficient (Wildman–Crippen LogP) is 4.49. The third-order valence-electron chi connectivity index (χ3n) is 4.52. The zero-order valence-electron chi connectivity index (χ0n) is 17.2. The van der Waals surface area contributed by atoms with Gasteiger partial charge in [-0.3, -0.25) is 9.69 Å². The number of thiazole rings is 1. The highest BCUT2D eigenvalue weighted by Crippen LogP contribution is 2.31. The van der Waals surface area contributed by atoms with E-state index in [1.165, 1.54) is 23.2 Å². The van der Waals surface area contributed by atoms with Crippen LogP contribution in [-0.2, 0) is 14.3 Å². The molecule has 2 heterocycles. The zero-order chi connectivity index (χ0) is 22.0. The third-order valence-corrected chi connectivity index (χ3v) is 5.36. The number of cyclic esters (lactones) is 1. The lowest BCUT2D eigenvalue weighted by atomic mass is 10.1. The molecule has 7 nitrogen and oxygen atoms in total. The molecule has 3 aromatic rings. The molecule has 0 unspecified atom stereocenters. The van der Waals surface area contributed by atoms with E-state index >= 15 is 0 Å². The lowest BCUT2D eigenvalue weighted by Gasteiger charge is -2.18. The number of hydrogen-bond acceptors (Lipinski definition) is 7. The molecule has 1 aromatic heterocycles. The molecule has 0 saturated carbocycles. The summed E-state index contributed by atoms with van der Waals surface area (Å²) in [6.07, 6.45) is 1.55. The number of anilines is 2. The summed E-state index contributed by atoms with van der Waals surface area (Å²) in [6, 6.07) is 14.7. The molecule has 0 N–H and O–H groups in total. The maximum Gasteiger partial charge on any atom is 0.363 e. The van der Waals surface area contributed by atoms with E-state index in [-0.39, 0.29) is 17.5 Å². The van der Waals surface area contributed by atoms with E-state index in [0.717, 1.165) is 11.1 Å². The van der Waals surface area contributed by atoms with Crippen molar-refractivity contribution in [2.45, 2.75) is 13.8 Å². The molecule has 2 aromatic carbocycles. The van der Waals surface area contributed by atoms with Gasteiger partial charge in [0.15, 0.2) is 10.8 Å². The predicted molar refractivity (Wildman–Crippen MR) is 120 cm³/mol. The van der Waals surface area contributed by atoms with Crippen LogP contribution in [0.4, 0.5) is 10.8 Å². The van der Waals surface area contributed by atoms with Crippen molar-refractivity contribution in [1.82, 2.24) is 4.98 Å². The molecule has 0 fully saturated rings. The number of carbonyl (C=O) groups excluding carboxylic acids is 2. The zero-order valence-corrected chi connectivity index (χ0v) is 18.0. The van der Waals surface area contributed by atoms with Crippen LogP contribution in [0.2, 0.25) is 0 Å². The van der Waals surface area contributed by atoms with Crippen LogP contribution in [0, 0.1) is 6.92 Å². The van der Waals surface area contributed by atoms with Gasteiger partial charge in [0.2, 0.25) is 11.8 Å². The number of aromatic nitrogens is 1. The van der Waals surface area contributed by atoms with E-state index in [1.807, 2.05) is 31.2 Å². The van der Waals surface area contributed by atoms with Gasteiger partial charge in [0.05, 0.1) is 18.5 Å². The van der Waals surface area contributed by atoms with Crippen molar-refractivity contribution in [2.75, 3.05) is 12.0 Å². The first-order valence-electron chi connectivity index (χ1n) is 9.44. The summed E-state index contributed by atoms with van der Waals surface area (Å²) in [5.41, 5.74) is 3.12. The Hall–Kier alpha value is -3.78. The van der Waals surface area contributed by atoms with Crippen molar-refractivity contribution in [3.8, 4) is 5.75 Å². The van der Waals surface area contributed by atoms with Crippen molar-refractivity contribution < 1.29 is 19.1 Å². The number of ether oxygens (including phenoxy) is 2. The van der Waals surface area contributed by atoms with Crippen LogP contribution >= 0.6 is 11.3 Å². The Labute approximate surface area is 183 Å². The van der Waals surface area contributed by atoms with Crippen molar-refractivity contribution in [1.29, 1.82) is 0 Å². The lowest BCUT2D eigenvalue weighted by Crippen LogP contribution is -2.22. The first kappa shape index (κ1) is 20.5. The molecule has 4 rings (SSSR count). The second-order valence-electron chi connectivity index (χ2n) is 6.81. The van der Waals surface area contributed by atoms with Crippen LogP contribution in [0.5, 0.6) is 5.75 Å². The van der Waals surface area contributed by atoms with Gasteiger partial charge in [0.1, 0.15) is 5.75 Å². The molecular weight excluding hydrogens is 414 g/mol. The highest BCUT2D eigenvalue weighted by atomic mass is 32.1. The van der Waals surface area contributed by atoms with Gasteiger partial charge in [-0.25, -0.2) is 14.8 Å². The summed E-state index contributed by atoms with van der Waals surface area (Å²) in [4.78, 5) is 34.9. The highest BCUT2D eigenvalue weighted by Gasteiger charge is 2.25. The largest absolute Gasteiger partial charge is 0.497 e. The first-order valence-corrected chi connectivity index (χ1v) is 10.3. The van der Waals surface area contributed by atoms with Crippen LogP contribution in [0.1, 0.15) is 23.7 Å². The molecule has 1 aliphatic rings. The van der Waals surface area contributed by atoms with E-state index in [4.69, 9.17) is 9.47 Å². The number of esters is 1. The van der Waals surface area contributed by atoms with Gasteiger partial charge in [-0.15, -0.1) is 11.3 Å². The van der Waals surface area contributed by atoms with Gasteiger partial charge in [-0.1, -0.05) is 17.7 Å². The fourth-order valence-corrected chi connectivity index (χ4v) is 3.90. The number of carbonyl (C=O) groups is 2. The Bertz CT molecular complexity index is 1210. The summed E-state index contributed by atoms with van der Waals surface area (Å²) < 4.78 is 10.5. The quantitative estimate of drug-likeness (QED) is 0.437. The number of benzene rings is 2. The SMILES string of the molecule is COc1ccc(N(C(C)=O)c2nc(/C=C3\N=C(c4cccc(C)c4)OC3=O)cs2)cc1. The minimum absolute atomic E-state index is 0.159. The summed E-state index contributed by atoms with van der Waals surface area (Å²) in [5.74, 6) is 0.237. The van der Waals surface area contributed by atoms with Crippen LogP contribution < -0.4 is 9.64 Å². The van der Waals surface area contributed by atoms with Crippen molar-refractivity contribution >= 4 is 46.0 Å². The van der Waals surface area contributed by atoms with Gasteiger partial charge >= 0.3 is 5.97 Å². The topological polar surface area (TPSA) is 81.1 Å². The standard InChI is InChI=1S/C23H19N3O4S/c1-14-5-4-6-16(11-14)21-25-20(22(28)30-21)12-17-13-31-23(24-17)26(15(2)27)18-7-9-19(29-3)10-8-18/h4-13H,1-3H3/b20-12-. The molecule has 1 aliphatic heterocycles. The first-order chi connectivity index (χ1) is 14.9. The number of nitrogens with zero attached hydrogens (tertiary/aromatic N) is 3. The Morgan fingerprint density at radius 3 is 2.65 bits per heavy atom. The van der Waals surface area contributed by atoms with E-state index in [1.54, 1.807) is 42.8 Å². The molecule has 0 atom stereocenters. The Morgan fingerprint density at radius 1 is 1.19 bits per heavy atom. The van der Waals surface area contributed by atoms with Gasteiger partial charge in [-0.2, -0.15) is 0 Å². The van der Waals surface area contributed by atoms with Crippen LogP contribution in [-0.4, -0.2) is 29.9 Å². The van der Waals surface area contributed by atoms with Crippen LogP contribution in [0.3, 0.4) is 0 Å². The fourth-order valence-electron chi connectivity index (χ4n) is 3.05. The normalized spacial score (nSPS) is 14.4. The molecule has 0 aliphatic carbocycles. The van der Waals surface area contributed by atoms with E-state index < -0.39 is 5.97 Å². The number of aliphatic imine (C=N–C) groups is 1. The van der Waals surface area contributed by atoms with Gasteiger partial charge in [-0.05, 0) is 49.4 Å². The number of hydrogen-bond donors (Lipinski definition) is 0. The average molecular weight is 433 g/mol. The van der Waals surface area contributed by atoms with Crippen LogP contribution in [0.25, 0.3) is 6.08 Å². The monoisotopic (exact) mass is 433 g/mol. The van der Waals surface area contributed by atoms with Crippen molar-refractivity contribution in [3.63, 3.8) is 0 Å². The minimum atomic E-state index is -0.537. The summed E-state index contributed by atoms with van der Waals surface area (Å²) in [5, 5.41) is 2.24. The summed E-state index contributed by atoms with van der Waals surface area (Å²) in [7, 11) is 1.58. The smallest absolute Gasteiger partial charge is 0.363 e. The Balaban J connectivity index is 1.62. The molecular formula is C23H19N3O4S. The summed E-state index contributed by atoms with van der Waals surface area (Å²) >= 11 is 1.29. The molecule has 8 heteroatoms. The Kier molecular flexibility index (Phi) is 5.64. The van der Waals surface area contributed by atoms with Gasteiger partial charge < -0.3 is 9.47 Å².